The van der Waals surface area contributed by atoms with Crippen LogP contribution in [0.1, 0.15) is 34.1 Å². The lowest BCUT2D eigenvalue weighted by atomic mass is 10.1. The van der Waals surface area contributed by atoms with E-state index in [0.717, 1.165) is 17.3 Å². The number of aryl methyl sites for hydroxylation is 1. The van der Waals surface area contributed by atoms with E-state index in [1.54, 1.807) is 19.9 Å². The molecule has 0 atom stereocenters. The van der Waals surface area contributed by atoms with Gasteiger partial charge >= 0.3 is 5.97 Å². The highest BCUT2D eigenvalue weighted by Crippen LogP contribution is 2.32. The van der Waals surface area contributed by atoms with E-state index in [-0.39, 0.29) is 36.2 Å². The lowest BCUT2D eigenvalue weighted by Crippen LogP contribution is -2.24. The normalized spacial score (nSPS) is 11.6. The minimum absolute atomic E-state index is 0.0877. The maximum atomic E-state index is 12.2. The number of thioether (sulfide) groups is 1. The third-order valence-corrected chi connectivity index (χ3v) is 5.05. The van der Waals surface area contributed by atoms with Gasteiger partial charge in [0.1, 0.15) is 11.1 Å². The van der Waals surface area contributed by atoms with Gasteiger partial charge in [-0.25, -0.2) is 9.78 Å². The molecule has 0 spiro atoms. The van der Waals surface area contributed by atoms with Crippen molar-refractivity contribution in [1.29, 1.82) is 5.26 Å². The zero-order valence-electron chi connectivity index (χ0n) is 16.0. The van der Waals surface area contributed by atoms with Gasteiger partial charge in [-0.05, 0) is 37.6 Å². The van der Waals surface area contributed by atoms with Gasteiger partial charge in [-0.1, -0.05) is 17.8 Å². The monoisotopic (exact) mass is 413 g/mol. The van der Waals surface area contributed by atoms with Crippen LogP contribution in [0.5, 0.6) is 11.5 Å². The molecular weight excluding hydrogens is 394 g/mol. The summed E-state index contributed by atoms with van der Waals surface area (Å²) < 4.78 is 15.6. The van der Waals surface area contributed by atoms with Crippen LogP contribution in [0.3, 0.4) is 0 Å². The molecule has 29 heavy (non-hydrogen) atoms. The maximum Gasteiger partial charge on any atom is 0.340 e. The Balaban J connectivity index is 1.59. The summed E-state index contributed by atoms with van der Waals surface area (Å²) in [6, 6.07) is 8.95. The van der Waals surface area contributed by atoms with Crippen LogP contribution >= 0.6 is 11.8 Å². The van der Waals surface area contributed by atoms with Crippen LogP contribution in [0, 0.1) is 18.3 Å². The number of carbonyl (C=O) groups is 2. The predicted molar refractivity (Wildman–Crippen MR) is 105 cm³/mol. The fraction of sp³-hybridized carbons (Fsp3) is 0.300. The molecule has 0 radical (unpaired) electrons. The summed E-state index contributed by atoms with van der Waals surface area (Å²) in [5.41, 5.74) is 1.82. The molecule has 1 N–H and O–H groups in total. The minimum Gasteiger partial charge on any atom is -0.462 e. The van der Waals surface area contributed by atoms with E-state index in [4.69, 9.17) is 14.2 Å². The first kappa shape index (κ1) is 20.5. The Morgan fingerprint density at radius 3 is 2.86 bits per heavy atom. The van der Waals surface area contributed by atoms with Gasteiger partial charge in [-0.3, -0.25) is 4.79 Å². The minimum atomic E-state index is -0.521. The Morgan fingerprint density at radius 1 is 1.31 bits per heavy atom. The quantitative estimate of drug-likeness (QED) is 0.545. The first-order valence-electron chi connectivity index (χ1n) is 8.88. The van der Waals surface area contributed by atoms with Gasteiger partial charge in [0.05, 0.1) is 29.2 Å². The first-order chi connectivity index (χ1) is 14.0. The van der Waals surface area contributed by atoms with Crippen LogP contribution in [0.15, 0.2) is 29.3 Å². The molecule has 1 aromatic heterocycles. The second-order valence-corrected chi connectivity index (χ2v) is 7.02. The van der Waals surface area contributed by atoms with E-state index in [0.29, 0.717) is 28.8 Å². The zero-order valence-corrected chi connectivity index (χ0v) is 16.8. The molecule has 150 valence electrons. The van der Waals surface area contributed by atoms with Crippen LogP contribution in [-0.4, -0.2) is 36.0 Å². The molecule has 2 aromatic rings. The summed E-state index contributed by atoms with van der Waals surface area (Å²) in [7, 11) is 0. The highest BCUT2D eigenvalue weighted by molar-refractivity contribution is 8.00. The van der Waals surface area contributed by atoms with Gasteiger partial charge in [0.25, 0.3) is 0 Å². The van der Waals surface area contributed by atoms with E-state index in [9.17, 15) is 14.9 Å². The van der Waals surface area contributed by atoms with E-state index in [1.165, 1.54) is 6.07 Å². The van der Waals surface area contributed by atoms with Gasteiger partial charge in [0.15, 0.2) is 11.5 Å². The molecule has 8 nitrogen and oxygen atoms in total. The average molecular weight is 413 g/mol. The number of nitrogens with one attached hydrogen (secondary N) is 1. The topological polar surface area (TPSA) is 111 Å². The van der Waals surface area contributed by atoms with Gasteiger partial charge < -0.3 is 19.5 Å². The highest BCUT2D eigenvalue weighted by atomic mass is 32.2. The molecular formula is C20H19N3O5S. The molecule has 1 aliphatic rings. The highest BCUT2D eigenvalue weighted by Gasteiger charge is 2.17. The van der Waals surface area contributed by atoms with Crippen molar-refractivity contribution in [2.45, 2.75) is 25.4 Å². The molecule has 3 rings (SSSR count). The molecule has 0 saturated heterocycles. The number of ether oxygens (including phenoxy) is 3. The lowest BCUT2D eigenvalue weighted by molar-refractivity contribution is -0.118. The number of benzene rings is 1. The van der Waals surface area contributed by atoms with Crippen LogP contribution in [-0.2, 0) is 16.1 Å². The van der Waals surface area contributed by atoms with E-state index in [2.05, 4.69) is 10.3 Å². The number of pyridine rings is 1. The van der Waals surface area contributed by atoms with Gasteiger partial charge in [0, 0.05) is 6.54 Å². The Kier molecular flexibility index (Phi) is 6.57. The van der Waals surface area contributed by atoms with Crippen molar-refractivity contribution in [3.05, 3.63) is 46.6 Å². The van der Waals surface area contributed by atoms with Crippen LogP contribution in [0.25, 0.3) is 0 Å². The van der Waals surface area contributed by atoms with Gasteiger partial charge in [-0.2, -0.15) is 5.26 Å². The van der Waals surface area contributed by atoms with E-state index < -0.39 is 5.97 Å². The second kappa shape index (κ2) is 9.30. The Morgan fingerprint density at radius 2 is 2.10 bits per heavy atom. The number of rotatable bonds is 7. The summed E-state index contributed by atoms with van der Waals surface area (Å²) in [6.07, 6.45) is 0. The first-order valence-corrected chi connectivity index (χ1v) is 9.87. The molecule has 1 aliphatic heterocycles. The summed E-state index contributed by atoms with van der Waals surface area (Å²) in [5, 5.41) is 12.6. The summed E-state index contributed by atoms with van der Waals surface area (Å²) in [6.45, 7) is 4.15. The van der Waals surface area contributed by atoms with Crippen molar-refractivity contribution < 1.29 is 23.8 Å². The molecule has 0 saturated carbocycles. The summed E-state index contributed by atoms with van der Waals surface area (Å²) in [4.78, 5) is 28.4. The molecule has 0 aliphatic carbocycles. The number of carbonyl (C=O) groups excluding carboxylic acids is 2. The van der Waals surface area contributed by atoms with Crippen LogP contribution in [0.4, 0.5) is 0 Å². The van der Waals surface area contributed by atoms with Gasteiger partial charge in [-0.15, -0.1) is 0 Å². The number of hydrogen-bond donors (Lipinski definition) is 1. The standard InChI is InChI=1S/C20H19N3O5S/c1-3-26-20(25)15-7-14(8-21)19(23-12(15)2)29-10-18(24)22-9-13-4-5-16-17(6-13)28-11-27-16/h4-7H,3,9-11H2,1-2H3,(H,22,24). The fourth-order valence-corrected chi connectivity index (χ4v) is 3.46. The summed E-state index contributed by atoms with van der Waals surface area (Å²) in [5.74, 6) is 0.709. The Labute approximate surface area is 172 Å². The SMILES string of the molecule is CCOC(=O)c1cc(C#N)c(SCC(=O)NCc2ccc3c(c2)OCO3)nc1C. The molecule has 1 amide bonds. The second-order valence-electron chi connectivity index (χ2n) is 6.06. The van der Waals surface area contributed by atoms with Crippen molar-refractivity contribution in [2.75, 3.05) is 19.2 Å². The maximum absolute atomic E-state index is 12.2. The van der Waals surface area contributed by atoms with Gasteiger partial charge in [0.2, 0.25) is 12.7 Å². The van der Waals surface area contributed by atoms with Crippen molar-refractivity contribution in [3.63, 3.8) is 0 Å². The van der Waals surface area contributed by atoms with Crippen molar-refractivity contribution >= 4 is 23.6 Å². The third kappa shape index (κ3) is 4.97. The zero-order chi connectivity index (χ0) is 20.8. The number of esters is 1. The van der Waals surface area contributed by atoms with Crippen molar-refractivity contribution in [1.82, 2.24) is 10.3 Å². The number of fused-ring (bicyclic) bond motifs is 1. The van der Waals surface area contributed by atoms with Crippen LogP contribution < -0.4 is 14.8 Å². The Bertz CT molecular complexity index is 987. The van der Waals surface area contributed by atoms with Crippen molar-refractivity contribution in [2.24, 2.45) is 0 Å². The third-order valence-electron chi connectivity index (χ3n) is 4.06. The van der Waals surface area contributed by atoms with Crippen LogP contribution in [0.2, 0.25) is 0 Å². The molecule has 9 heteroatoms. The molecule has 0 fully saturated rings. The number of nitriles is 1. The smallest absolute Gasteiger partial charge is 0.340 e. The number of nitrogens with zero attached hydrogens (tertiary/aromatic N) is 2. The average Bonchev–Trinajstić information content (AvgIpc) is 3.18. The largest absolute Gasteiger partial charge is 0.462 e. The lowest BCUT2D eigenvalue weighted by Gasteiger charge is -2.09. The van der Waals surface area contributed by atoms with E-state index >= 15 is 0 Å². The Hall–Kier alpha value is -3.25. The van der Waals surface area contributed by atoms with Crippen molar-refractivity contribution in [3.8, 4) is 17.6 Å². The fourth-order valence-electron chi connectivity index (χ4n) is 2.63. The molecule has 0 unspecified atom stereocenters. The molecule has 0 bridgehead atoms. The number of hydrogen-bond acceptors (Lipinski definition) is 8. The summed E-state index contributed by atoms with van der Waals surface area (Å²) >= 11 is 1.14. The van der Waals surface area contributed by atoms with E-state index in [1.807, 2.05) is 18.2 Å². The predicted octanol–water partition coefficient (Wildman–Crippen LogP) is 2.58. The number of aromatic nitrogens is 1. The molecule has 1 aromatic carbocycles. The molecule has 2 heterocycles. The number of amides is 1.